The predicted molar refractivity (Wildman–Crippen MR) is 54.1 cm³/mol. The summed E-state index contributed by atoms with van der Waals surface area (Å²) in [7, 11) is -2.29. The number of anilines is 1. The Bertz CT molecular complexity index is 485. The lowest BCUT2D eigenvalue weighted by Crippen LogP contribution is -2.25. The zero-order chi connectivity index (χ0) is 11.6. The maximum atomic E-state index is 11.2. The summed E-state index contributed by atoms with van der Waals surface area (Å²) in [6.45, 7) is 0. The molecule has 0 aliphatic carbocycles. The van der Waals surface area contributed by atoms with Crippen LogP contribution in [0.5, 0.6) is 0 Å². The second kappa shape index (κ2) is 3.81. The third kappa shape index (κ3) is 2.40. The highest BCUT2D eigenvalue weighted by Crippen LogP contribution is 2.25. The molecule has 0 aliphatic heterocycles. The molecular weight excluding hydrogens is 222 g/mol. The van der Waals surface area contributed by atoms with Gasteiger partial charge in [-0.2, -0.15) is 0 Å². The third-order valence-electron chi connectivity index (χ3n) is 1.78. The van der Waals surface area contributed by atoms with Crippen LogP contribution in [0.15, 0.2) is 18.3 Å². The van der Waals surface area contributed by atoms with Gasteiger partial charge >= 0.3 is 5.82 Å². The minimum atomic E-state index is -3.52. The lowest BCUT2D eigenvalue weighted by atomic mass is 10.4. The Morgan fingerprint density at radius 1 is 1.53 bits per heavy atom. The Labute approximate surface area is 86.6 Å². The standard InChI is InChI=1S/C7H9N3O4S/c1-9(15(2,13)14)6-4-3-5-8-7(6)10(11)12/h3-5H,1-2H3. The highest BCUT2D eigenvalue weighted by molar-refractivity contribution is 7.92. The molecular formula is C7H9N3O4S. The fraction of sp³-hybridized carbons (Fsp3) is 0.286. The van der Waals surface area contributed by atoms with Crippen LogP contribution in [0, 0.1) is 10.1 Å². The van der Waals surface area contributed by atoms with Crippen molar-refractivity contribution < 1.29 is 13.3 Å². The summed E-state index contributed by atoms with van der Waals surface area (Å²) in [5.41, 5.74) is -0.0509. The van der Waals surface area contributed by atoms with Gasteiger partial charge in [-0.15, -0.1) is 0 Å². The van der Waals surface area contributed by atoms with Gasteiger partial charge in [0.15, 0.2) is 0 Å². The summed E-state index contributed by atoms with van der Waals surface area (Å²) in [6.07, 6.45) is 2.20. The molecule has 0 unspecified atom stereocenters. The van der Waals surface area contributed by atoms with Crippen molar-refractivity contribution in [1.82, 2.24) is 4.98 Å². The van der Waals surface area contributed by atoms with E-state index >= 15 is 0 Å². The quantitative estimate of drug-likeness (QED) is 0.554. The molecule has 7 nitrogen and oxygen atoms in total. The molecule has 0 radical (unpaired) electrons. The van der Waals surface area contributed by atoms with E-state index in [1.54, 1.807) is 0 Å². The molecule has 8 heteroatoms. The summed E-state index contributed by atoms with van der Waals surface area (Å²) in [6, 6.07) is 2.76. The van der Waals surface area contributed by atoms with Gasteiger partial charge in [0.1, 0.15) is 11.9 Å². The SMILES string of the molecule is CN(c1cccnc1[N+](=O)[O-])S(C)(=O)=O. The summed E-state index contributed by atoms with van der Waals surface area (Å²) < 4.78 is 23.2. The van der Waals surface area contributed by atoms with E-state index in [2.05, 4.69) is 4.98 Å². The van der Waals surface area contributed by atoms with E-state index in [1.807, 2.05) is 0 Å². The maximum absolute atomic E-state index is 11.2. The lowest BCUT2D eigenvalue weighted by molar-refractivity contribution is -0.388. The number of hydrogen-bond donors (Lipinski definition) is 0. The fourth-order valence-corrected chi connectivity index (χ4v) is 1.45. The number of pyridine rings is 1. The van der Waals surface area contributed by atoms with Gasteiger partial charge in [0.05, 0.1) is 6.26 Å². The molecule has 1 rings (SSSR count). The van der Waals surface area contributed by atoms with Crippen molar-refractivity contribution in [3.05, 3.63) is 28.4 Å². The summed E-state index contributed by atoms with van der Waals surface area (Å²) in [4.78, 5) is 13.4. The van der Waals surface area contributed by atoms with Crippen molar-refractivity contribution in [3.63, 3.8) is 0 Å². The molecule has 0 fully saturated rings. The molecule has 82 valence electrons. The Balaban J connectivity index is 3.32. The normalized spacial score (nSPS) is 11.1. The van der Waals surface area contributed by atoms with Gasteiger partial charge in [-0.05, 0) is 22.0 Å². The van der Waals surface area contributed by atoms with Crippen LogP contribution in [0.2, 0.25) is 0 Å². The molecule has 0 saturated heterocycles. The average molecular weight is 231 g/mol. The van der Waals surface area contributed by atoms with Crippen molar-refractivity contribution >= 4 is 21.5 Å². The van der Waals surface area contributed by atoms with Crippen LogP contribution < -0.4 is 4.31 Å². The minimum absolute atomic E-state index is 0.0509. The van der Waals surface area contributed by atoms with Gasteiger partial charge < -0.3 is 10.1 Å². The van der Waals surface area contributed by atoms with E-state index in [-0.39, 0.29) is 5.69 Å². The van der Waals surface area contributed by atoms with Gasteiger partial charge in [-0.25, -0.2) is 8.42 Å². The molecule has 0 aromatic carbocycles. The van der Waals surface area contributed by atoms with Crippen molar-refractivity contribution in [2.75, 3.05) is 17.6 Å². The van der Waals surface area contributed by atoms with Crippen molar-refractivity contribution in [1.29, 1.82) is 0 Å². The number of aromatic nitrogens is 1. The summed E-state index contributed by atoms with van der Waals surface area (Å²) >= 11 is 0. The van der Waals surface area contributed by atoms with E-state index in [9.17, 15) is 18.5 Å². The Hall–Kier alpha value is -1.70. The van der Waals surface area contributed by atoms with Crippen LogP contribution in [0.3, 0.4) is 0 Å². The van der Waals surface area contributed by atoms with E-state index in [0.29, 0.717) is 0 Å². The Morgan fingerprint density at radius 2 is 2.13 bits per heavy atom. The van der Waals surface area contributed by atoms with Crippen LogP contribution in [-0.2, 0) is 10.0 Å². The van der Waals surface area contributed by atoms with Crippen LogP contribution in [-0.4, -0.2) is 31.6 Å². The minimum Gasteiger partial charge on any atom is -0.358 e. The smallest absolute Gasteiger partial charge is 0.358 e. The largest absolute Gasteiger partial charge is 0.388 e. The molecule has 1 heterocycles. The summed E-state index contributed by atoms with van der Waals surface area (Å²) in [5.74, 6) is -0.481. The molecule has 0 atom stereocenters. The highest BCUT2D eigenvalue weighted by Gasteiger charge is 2.22. The van der Waals surface area contributed by atoms with Gasteiger partial charge in [-0.3, -0.25) is 4.31 Å². The number of nitrogens with zero attached hydrogens (tertiary/aromatic N) is 3. The van der Waals surface area contributed by atoms with Crippen molar-refractivity contribution in [2.45, 2.75) is 0 Å². The van der Waals surface area contributed by atoms with Crippen LogP contribution in [0.25, 0.3) is 0 Å². The van der Waals surface area contributed by atoms with Crippen LogP contribution >= 0.6 is 0 Å². The molecule has 0 N–H and O–H groups in total. The fourth-order valence-electron chi connectivity index (χ4n) is 0.954. The molecule has 1 aromatic heterocycles. The van der Waals surface area contributed by atoms with E-state index in [1.165, 1.54) is 25.4 Å². The first-order valence-electron chi connectivity index (χ1n) is 3.87. The van der Waals surface area contributed by atoms with E-state index in [0.717, 1.165) is 10.6 Å². The average Bonchev–Trinajstić information content (AvgIpc) is 2.15. The third-order valence-corrected chi connectivity index (χ3v) is 2.97. The zero-order valence-corrected chi connectivity index (χ0v) is 8.93. The first kappa shape index (κ1) is 11.4. The van der Waals surface area contributed by atoms with Crippen LogP contribution in [0.4, 0.5) is 11.5 Å². The molecule has 0 amide bonds. The van der Waals surface area contributed by atoms with Gasteiger partial charge in [0, 0.05) is 7.05 Å². The van der Waals surface area contributed by atoms with Crippen molar-refractivity contribution in [3.8, 4) is 0 Å². The van der Waals surface area contributed by atoms with Gasteiger partial charge in [0.2, 0.25) is 10.0 Å². The van der Waals surface area contributed by atoms with E-state index < -0.39 is 20.8 Å². The molecule has 1 aromatic rings. The number of rotatable bonds is 3. The maximum Gasteiger partial charge on any atom is 0.388 e. The van der Waals surface area contributed by atoms with Crippen molar-refractivity contribution in [2.24, 2.45) is 0 Å². The molecule has 0 saturated carbocycles. The molecule has 0 bridgehead atoms. The first-order chi connectivity index (χ1) is 6.84. The molecule has 0 aliphatic rings. The van der Waals surface area contributed by atoms with Crippen LogP contribution in [0.1, 0.15) is 0 Å². The monoisotopic (exact) mass is 231 g/mol. The Kier molecular flexibility index (Phi) is 2.89. The molecule has 15 heavy (non-hydrogen) atoms. The highest BCUT2D eigenvalue weighted by atomic mass is 32.2. The molecule has 0 spiro atoms. The Morgan fingerprint density at radius 3 is 2.60 bits per heavy atom. The number of hydrogen-bond acceptors (Lipinski definition) is 5. The summed E-state index contributed by atoms with van der Waals surface area (Å²) in [5, 5.41) is 10.6. The topological polar surface area (TPSA) is 93.4 Å². The predicted octanol–water partition coefficient (Wildman–Crippen LogP) is 0.386. The zero-order valence-electron chi connectivity index (χ0n) is 8.11. The second-order valence-corrected chi connectivity index (χ2v) is 4.85. The van der Waals surface area contributed by atoms with Gasteiger partial charge in [0.25, 0.3) is 0 Å². The lowest BCUT2D eigenvalue weighted by Gasteiger charge is -2.15. The first-order valence-corrected chi connectivity index (χ1v) is 5.72. The van der Waals surface area contributed by atoms with Gasteiger partial charge in [-0.1, -0.05) is 0 Å². The number of sulfonamides is 1. The second-order valence-electron chi connectivity index (χ2n) is 2.83. The number of nitro groups is 1. The van der Waals surface area contributed by atoms with E-state index in [4.69, 9.17) is 0 Å².